The van der Waals surface area contributed by atoms with Gasteiger partial charge in [-0.15, -0.1) is 0 Å². The van der Waals surface area contributed by atoms with Crippen LogP contribution < -0.4 is 9.62 Å². The zero-order valence-corrected chi connectivity index (χ0v) is 17.4. The maximum atomic E-state index is 12.9. The molecule has 0 saturated heterocycles. The van der Waals surface area contributed by atoms with Crippen molar-refractivity contribution in [2.45, 2.75) is 11.3 Å². The summed E-state index contributed by atoms with van der Waals surface area (Å²) in [5, 5.41) is 3.35. The first-order chi connectivity index (χ1) is 13.9. The SMILES string of the molecule is O=C(Nc1cccc(Cl)c1Cl)c1ccc2c(c1)CCN2S(=O)(=O)c1ccccc1. The predicted octanol–water partition coefficient (Wildman–Crippen LogP) is 5.00. The van der Waals surface area contributed by atoms with E-state index in [9.17, 15) is 13.2 Å². The Morgan fingerprint density at radius 1 is 0.966 bits per heavy atom. The third-order valence-corrected chi connectivity index (χ3v) is 7.37. The Labute approximate surface area is 178 Å². The van der Waals surface area contributed by atoms with Gasteiger partial charge in [0, 0.05) is 12.1 Å². The van der Waals surface area contributed by atoms with Crippen molar-refractivity contribution in [2.75, 3.05) is 16.2 Å². The quantitative estimate of drug-likeness (QED) is 0.613. The minimum Gasteiger partial charge on any atom is -0.321 e. The van der Waals surface area contributed by atoms with Crippen LogP contribution in [-0.4, -0.2) is 20.9 Å². The van der Waals surface area contributed by atoms with Crippen LogP contribution in [0.15, 0.2) is 71.6 Å². The lowest BCUT2D eigenvalue weighted by Gasteiger charge is -2.19. The fourth-order valence-electron chi connectivity index (χ4n) is 3.28. The fourth-order valence-corrected chi connectivity index (χ4v) is 5.15. The molecule has 3 aromatic rings. The van der Waals surface area contributed by atoms with Crippen LogP contribution in [0.2, 0.25) is 10.0 Å². The normalized spacial score (nSPS) is 13.2. The Morgan fingerprint density at radius 2 is 1.72 bits per heavy atom. The molecule has 0 aromatic heterocycles. The van der Waals surface area contributed by atoms with Gasteiger partial charge in [-0.1, -0.05) is 47.5 Å². The van der Waals surface area contributed by atoms with E-state index in [1.807, 2.05) is 0 Å². The number of anilines is 2. The van der Waals surface area contributed by atoms with Gasteiger partial charge in [0.2, 0.25) is 0 Å². The summed E-state index contributed by atoms with van der Waals surface area (Å²) < 4.78 is 27.3. The molecule has 1 amide bonds. The summed E-state index contributed by atoms with van der Waals surface area (Å²) in [6.45, 7) is 0.331. The lowest BCUT2D eigenvalue weighted by atomic mass is 10.1. The number of carbonyl (C=O) groups excluding carboxylic acids is 1. The van der Waals surface area contributed by atoms with E-state index in [0.29, 0.717) is 34.9 Å². The maximum absolute atomic E-state index is 12.9. The van der Waals surface area contributed by atoms with E-state index in [4.69, 9.17) is 23.2 Å². The molecule has 1 aliphatic rings. The molecule has 5 nitrogen and oxygen atoms in total. The molecule has 0 bridgehead atoms. The van der Waals surface area contributed by atoms with Gasteiger partial charge >= 0.3 is 0 Å². The van der Waals surface area contributed by atoms with Crippen LogP contribution in [0.25, 0.3) is 0 Å². The Kier molecular flexibility index (Phi) is 5.25. The standard InChI is InChI=1S/C21H16Cl2N2O3S/c22-17-7-4-8-18(20(17)23)24-21(26)15-9-10-19-14(13-15)11-12-25(19)29(27,28)16-5-2-1-3-6-16/h1-10,13H,11-12H2,(H,24,26). The topological polar surface area (TPSA) is 66.5 Å². The number of sulfonamides is 1. The number of hydrogen-bond acceptors (Lipinski definition) is 3. The van der Waals surface area contributed by atoms with Crippen molar-refractivity contribution in [1.29, 1.82) is 0 Å². The van der Waals surface area contributed by atoms with Crippen LogP contribution in [0.5, 0.6) is 0 Å². The van der Waals surface area contributed by atoms with Crippen molar-refractivity contribution in [1.82, 2.24) is 0 Å². The summed E-state index contributed by atoms with van der Waals surface area (Å²) in [5.74, 6) is -0.346. The minimum atomic E-state index is -3.64. The summed E-state index contributed by atoms with van der Waals surface area (Å²) in [5.41, 5.74) is 2.22. The zero-order valence-electron chi connectivity index (χ0n) is 15.1. The Morgan fingerprint density at radius 3 is 2.48 bits per heavy atom. The fraction of sp³-hybridized carbons (Fsp3) is 0.0952. The van der Waals surface area contributed by atoms with E-state index < -0.39 is 10.0 Å². The van der Waals surface area contributed by atoms with Gasteiger partial charge in [0.15, 0.2) is 0 Å². The highest BCUT2D eigenvalue weighted by Crippen LogP contribution is 2.34. The highest BCUT2D eigenvalue weighted by molar-refractivity contribution is 7.92. The van der Waals surface area contributed by atoms with Crippen molar-refractivity contribution in [3.05, 3.63) is 87.9 Å². The summed E-state index contributed by atoms with van der Waals surface area (Å²) in [6.07, 6.45) is 0.528. The highest BCUT2D eigenvalue weighted by atomic mass is 35.5. The molecule has 0 fully saturated rings. The molecule has 148 valence electrons. The van der Waals surface area contributed by atoms with Crippen molar-refractivity contribution >= 4 is 50.5 Å². The zero-order chi connectivity index (χ0) is 20.6. The molecule has 3 aromatic carbocycles. The molecule has 0 saturated carbocycles. The molecular weight excluding hydrogens is 431 g/mol. The third kappa shape index (κ3) is 3.71. The molecule has 0 spiro atoms. The Balaban J connectivity index is 1.60. The number of carbonyl (C=O) groups is 1. The van der Waals surface area contributed by atoms with Crippen molar-refractivity contribution in [3.63, 3.8) is 0 Å². The van der Waals surface area contributed by atoms with Gasteiger partial charge in [-0.25, -0.2) is 8.42 Å². The van der Waals surface area contributed by atoms with E-state index in [1.54, 1.807) is 66.7 Å². The van der Waals surface area contributed by atoms with E-state index in [1.165, 1.54) is 4.31 Å². The van der Waals surface area contributed by atoms with Crippen LogP contribution in [0, 0.1) is 0 Å². The van der Waals surface area contributed by atoms with E-state index in [2.05, 4.69) is 5.32 Å². The maximum Gasteiger partial charge on any atom is 0.264 e. The summed E-state index contributed by atoms with van der Waals surface area (Å²) in [6, 6.07) is 18.3. The summed E-state index contributed by atoms with van der Waals surface area (Å²) in [7, 11) is -3.64. The molecular formula is C21H16Cl2N2O3S. The van der Waals surface area contributed by atoms with Crippen LogP contribution >= 0.6 is 23.2 Å². The molecule has 1 N–H and O–H groups in total. The monoisotopic (exact) mass is 446 g/mol. The number of halogens is 2. The van der Waals surface area contributed by atoms with Crippen LogP contribution in [0.4, 0.5) is 11.4 Å². The van der Waals surface area contributed by atoms with E-state index in [-0.39, 0.29) is 15.8 Å². The lowest BCUT2D eigenvalue weighted by molar-refractivity contribution is 0.102. The number of hydrogen-bond donors (Lipinski definition) is 1. The summed E-state index contributed by atoms with van der Waals surface area (Å²) in [4.78, 5) is 12.9. The minimum absolute atomic E-state index is 0.241. The number of amides is 1. The first kappa shape index (κ1) is 19.8. The average molecular weight is 447 g/mol. The van der Waals surface area contributed by atoms with Gasteiger partial charge in [-0.2, -0.15) is 0 Å². The third-order valence-electron chi connectivity index (χ3n) is 4.73. The second-order valence-corrected chi connectivity index (χ2v) is 9.19. The van der Waals surface area contributed by atoms with Crippen LogP contribution in [0.1, 0.15) is 15.9 Å². The Bertz CT molecular complexity index is 1200. The largest absolute Gasteiger partial charge is 0.321 e. The van der Waals surface area contributed by atoms with Gasteiger partial charge in [0.25, 0.3) is 15.9 Å². The number of benzene rings is 3. The molecule has 0 radical (unpaired) electrons. The number of nitrogens with zero attached hydrogens (tertiary/aromatic N) is 1. The van der Waals surface area contributed by atoms with Crippen LogP contribution in [0.3, 0.4) is 0 Å². The second kappa shape index (κ2) is 7.71. The van der Waals surface area contributed by atoms with Gasteiger partial charge in [-0.05, 0) is 54.4 Å². The number of rotatable bonds is 4. The van der Waals surface area contributed by atoms with Crippen molar-refractivity contribution in [2.24, 2.45) is 0 Å². The number of fused-ring (bicyclic) bond motifs is 1. The van der Waals surface area contributed by atoms with E-state index >= 15 is 0 Å². The molecule has 0 atom stereocenters. The molecule has 0 aliphatic carbocycles. The molecule has 4 rings (SSSR count). The average Bonchev–Trinajstić information content (AvgIpc) is 3.16. The van der Waals surface area contributed by atoms with Crippen molar-refractivity contribution < 1.29 is 13.2 Å². The number of nitrogens with one attached hydrogen (secondary N) is 1. The molecule has 8 heteroatoms. The molecule has 1 heterocycles. The smallest absolute Gasteiger partial charge is 0.264 e. The molecule has 29 heavy (non-hydrogen) atoms. The first-order valence-corrected chi connectivity index (χ1v) is 11.0. The summed E-state index contributed by atoms with van der Waals surface area (Å²) >= 11 is 12.1. The lowest BCUT2D eigenvalue weighted by Crippen LogP contribution is -2.29. The first-order valence-electron chi connectivity index (χ1n) is 8.84. The van der Waals surface area contributed by atoms with Crippen molar-refractivity contribution in [3.8, 4) is 0 Å². The molecule has 0 unspecified atom stereocenters. The van der Waals surface area contributed by atoms with Crippen LogP contribution in [-0.2, 0) is 16.4 Å². The van der Waals surface area contributed by atoms with Gasteiger partial charge < -0.3 is 5.32 Å². The molecule has 1 aliphatic heterocycles. The van der Waals surface area contributed by atoms with E-state index in [0.717, 1.165) is 5.56 Å². The van der Waals surface area contributed by atoms with Gasteiger partial charge in [-0.3, -0.25) is 9.10 Å². The van der Waals surface area contributed by atoms with Gasteiger partial charge in [0.1, 0.15) is 0 Å². The predicted molar refractivity (Wildman–Crippen MR) is 116 cm³/mol. The highest BCUT2D eigenvalue weighted by Gasteiger charge is 2.31. The second-order valence-electron chi connectivity index (χ2n) is 6.54. The Hall–Kier alpha value is -2.54. The van der Waals surface area contributed by atoms with Gasteiger partial charge in [0.05, 0.1) is 26.3 Å².